The van der Waals surface area contributed by atoms with Crippen LogP contribution in [0.1, 0.15) is 38.5 Å². The van der Waals surface area contributed by atoms with Crippen LogP contribution in [-0.4, -0.2) is 11.0 Å². The van der Waals surface area contributed by atoms with Gasteiger partial charge in [0, 0.05) is 6.07 Å². The zero-order valence-corrected chi connectivity index (χ0v) is 13.3. The highest BCUT2D eigenvalue weighted by Crippen LogP contribution is 2.60. The molecule has 0 spiro atoms. The molecule has 0 saturated heterocycles. The number of carbonyl (C=O) groups excluding carboxylic acids is 1. The predicted octanol–water partition coefficient (Wildman–Crippen LogP) is 4.42. The van der Waals surface area contributed by atoms with Crippen LogP contribution < -0.4 is 4.74 Å². The van der Waals surface area contributed by atoms with Crippen LogP contribution >= 0.6 is 11.3 Å². The summed E-state index contributed by atoms with van der Waals surface area (Å²) in [7, 11) is 0. The van der Waals surface area contributed by atoms with E-state index in [1.54, 1.807) is 11.3 Å². The summed E-state index contributed by atoms with van der Waals surface area (Å²) in [6, 6.07) is 5.76. The molecule has 22 heavy (non-hydrogen) atoms. The largest absolute Gasteiger partial charge is 0.426 e. The van der Waals surface area contributed by atoms with Crippen LogP contribution in [0.15, 0.2) is 23.7 Å². The van der Waals surface area contributed by atoms with Crippen molar-refractivity contribution in [1.82, 2.24) is 4.98 Å². The van der Waals surface area contributed by atoms with Gasteiger partial charge in [0.15, 0.2) is 0 Å². The van der Waals surface area contributed by atoms with E-state index in [4.69, 9.17) is 4.74 Å². The molecular weight excluding hydrogens is 294 g/mol. The average molecular weight is 313 g/mol. The van der Waals surface area contributed by atoms with Crippen LogP contribution in [-0.2, 0) is 4.79 Å². The number of benzene rings is 1. The molecule has 4 saturated carbocycles. The summed E-state index contributed by atoms with van der Waals surface area (Å²) < 4.78 is 6.90. The fraction of sp³-hybridized carbons (Fsp3) is 0.556. The van der Waals surface area contributed by atoms with Gasteiger partial charge < -0.3 is 4.74 Å². The Morgan fingerprint density at radius 3 is 2.50 bits per heavy atom. The Balaban J connectivity index is 1.42. The van der Waals surface area contributed by atoms with Gasteiger partial charge in [0.2, 0.25) is 0 Å². The van der Waals surface area contributed by atoms with Crippen molar-refractivity contribution in [3.05, 3.63) is 23.7 Å². The van der Waals surface area contributed by atoms with E-state index in [2.05, 4.69) is 4.98 Å². The first-order valence-corrected chi connectivity index (χ1v) is 9.14. The highest BCUT2D eigenvalue weighted by atomic mass is 32.1. The lowest BCUT2D eigenvalue weighted by atomic mass is 9.49. The molecule has 0 aliphatic heterocycles. The highest BCUT2D eigenvalue weighted by molar-refractivity contribution is 7.16. The standard InChI is InChI=1S/C18H19NO2S/c20-17(21-14-1-2-15-16(6-14)22-10-19-15)18-7-11-3-12(8-18)5-13(4-11)9-18/h1-2,6,10-13H,3-5,7-9H2. The smallest absolute Gasteiger partial charge is 0.317 e. The Kier molecular flexibility index (Phi) is 2.70. The highest BCUT2D eigenvalue weighted by Gasteiger charge is 2.55. The first kappa shape index (κ1) is 13.1. The van der Waals surface area contributed by atoms with Crippen LogP contribution in [0.4, 0.5) is 0 Å². The number of fused-ring (bicyclic) bond motifs is 1. The topological polar surface area (TPSA) is 39.2 Å². The van der Waals surface area contributed by atoms with Crippen molar-refractivity contribution >= 4 is 27.5 Å². The van der Waals surface area contributed by atoms with Gasteiger partial charge in [-0.05, 0) is 68.4 Å². The van der Waals surface area contributed by atoms with Crippen molar-refractivity contribution in [2.45, 2.75) is 38.5 Å². The SMILES string of the molecule is O=C(Oc1ccc2ncsc2c1)C12CC3CC(CC(C3)C1)C2. The van der Waals surface area contributed by atoms with Gasteiger partial charge in [-0.1, -0.05) is 0 Å². The summed E-state index contributed by atoms with van der Waals surface area (Å²) in [5.74, 6) is 3.00. The number of aromatic nitrogens is 1. The van der Waals surface area contributed by atoms with Crippen LogP contribution in [0.3, 0.4) is 0 Å². The molecule has 0 unspecified atom stereocenters. The molecule has 4 heteroatoms. The summed E-state index contributed by atoms with van der Waals surface area (Å²) in [6.07, 6.45) is 7.21. The second-order valence-corrected chi connectivity index (χ2v) is 8.46. The molecule has 114 valence electrons. The Morgan fingerprint density at radius 1 is 1.14 bits per heavy atom. The third-order valence-electron chi connectivity index (χ3n) is 5.98. The normalized spacial score (nSPS) is 35.9. The van der Waals surface area contributed by atoms with Crippen molar-refractivity contribution in [1.29, 1.82) is 0 Å². The molecule has 1 aromatic heterocycles. The fourth-order valence-corrected chi connectivity index (χ4v) is 6.18. The van der Waals surface area contributed by atoms with Crippen molar-refractivity contribution in [2.24, 2.45) is 23.2 Å². The number of ether oxygens (including phenoxy) is 1. The fourth-order valence-electron chi connectivity index (χ4n) is 5.47. The lowest BCUT2D eigenvalue weighted by molar-refractivity contribution is -0.161. The molecule has 0 amide bonds. The molecule has 4 aliphatic rings. The maximum absolute atomic E-state index is 12.9. The molecule has 6 rings (SSSR count). The van der Waals surface area contributed by atoms with Crippen molar-refractivity contribution in [2.75, 3.05) is 0 Å². The van der Waals surface area contributed by atoms with Crippen LogP contribution in [0.25, 0.3) is 10.2 Å². The van der Waals surface area contributed by atoms with E-state index in [0.717, 1.165) is 47.2 Å². The number of hydrogen-bond donors (Lipinski definition) is 0. The second kappa shape index (κ2) is 4.54. The molecular formula is C18H19NO2S. The number of hydrogen-bond acceptors (Lipinski definition) is 4. The molecule has 1 heterocycles. The van der Waals surface area contributed by atoms with Gasteiger partial charge in [0.05, 0.1) is 21.1 Å². The first-order chi connectivity index (χ1) is 10.7. The zero-order valence-electron chi connectivity index (χ0n) is 12.5. The zero-order chi connectivity index (χ0) is 14.7. The Hall–Kier alpha value is -1.42. The quantitative estimate of drug-likeness (QED) is 0.608. The van der Waals surface area contributed by atoms with E-state index in [9.17, 15) is 4.79 Å². The van der Waals surface area contributed by atoms with Gasteiger partial charge >= 0.3 is 5.97 Å². The lowest BCUT2D eigenvalue weighted by Crippen LogP contribution is -2.51. The lowest BCUT2D eigenvalue weighted by Gasteiger charge is -2.55. The third-order valence-corrected chi connectivity index (χ3v) is 6.78. The maximum atomic E-state index is 12.9. The molecule has 0 atom stereocenters. The summed E-state index contributed by atoms with van der Waals surface area (Å²) in [6.45, 7) is 0. The Labute approximate surface area is 133 Å². The molecule has 1 aromatic carbocycles. The summed E-state index contributed by atoms with van der Waals surface area (Å²) >= 11 is 1.59. The molecule has 4 bridgehead atoms. The molecule has 4 aliphatic carbocycles. The van der Waals surface area contributed by atoms with Crippen LogP contribution in [0.5, 0.6) is 5.75 Å². The van der Waals surface area contributed by atoms with Gasteiger partial charge in [-0.15, -0.1) is 11.3 Å². The summed E-state index contributed by atoms with van der Waals surface area (Å²) in [5.41, 5.74) is 2.62. The van der Waals surface area contributed by atoms with Crippen LogP contribution in [0.2, 0.25) is 0 Å². The van der Waals surface area contributed by atoms with Crippen molar-refractivity contribution < 1.29 is 9.53 Å². The average Bonchev–Trinajstić information content (AvgIpc) is 2.93. The van der Waals surface area contributed by atoms with E-state index in [1.165, 1.54) is 19.3 Å². The van der Waals surface area contributed by atoms with Gasteiger partial charge in [-0.2, -0.15) is 0 Å². The molecule has 0 N–H and O–H groups in total. The van der Waals surface area contributed by atoms with Gasteiger partial charge in [0.1, 0.15) is 5.75 Å². The number of rotatable bonds is 2. The number of nitrogens with zero attached hydrogens (tertiary/aromatic N) is 1. The maximum Gasteiger partial charge on any atom is 0.317 e. The molecule has 2 aromatic rings. The van der Waals surface area contributed by atoms with E-state index >= 15 is 0 Å². The van der Waals surface area contributed by atoms with Crippen molar-refractivity contribution in [3.63, 3.8) is 0 Å². The van der Waals surface area contributed by atoms with Gasteiger partial charge in [-0.3, -0.25) is 4.79 Å². The van der Waals surface area contributed by atoms with Crippen LogP contribution in [0, 0.1) is 23.2 Å². The van der Waals surface area contributed by atoms with E-state index in [-0.39, 0.29) is 11.4 Å². The van der Waals surface area contributed by atoms with Crippen molar-refractivity contribution in [3.8, 4) is 5.75 Å². The monoisotopic (exact) mass is 313 g/mol. The molecule has 0 radical (unpaired) electrons. The molecule has 3 nitrogen and oxygen atoms in total. The minimum Gasteiger partial charge on any atom is -0.426 e. The number of carbonyl (C=O) groups is 1. The van der Waals surface area contributed by atoms with Gasteiger partial charge in [-0.25, -0.2) is 4.98 Å². The van der Waals surface area contributed by atoms with Gasteiger partial charge in [0.25, 0.3) is 0 Å². The number of esters is 1. The Morgan fingerprint density at radius 2 is 1.82 bits per heavy atom. The predicted molar refractivity (Wildman–Crippen MR) is 85.9 cm³/mol. The minimum absolute atomic E-state index is 0.0236. The van der Waals surface area contributed by atoms with E-state index in [0.29, 0.717) is 5.75 Å². The Bertz CT molecular complexity index is 715. The summed E-state index contributed by atoms with van der Waals surface area (Å²) in [4.78, 5) is 17.2. The number of thiazole rings is 1. The molecule has 4 fully saturated rings. The summed E-state index contributed by atoms with van der Waals surface area (Å²) in [5, 5.41) is 0. The third kappa shape index (κ3) is 1.93. The first-order valence-electron chi connectivity index (χ1n) is 8.26. The van der Waals surface area contributed by atoms with E-state index < -0.39 is 0 Å². The van der Waals surface area contributed by atoms with E-state index in [1.807, 2.05) is 23.7 Å². The second-order valence-electron chi connectivity index (χ2n) is 7.57. The minimum atomic E-state index is -0.183.